The van der Waals surface area contributed by atoms with E-state index in [1.807, 2.05) is 13.8 Å². The molecule has 0 aromatic heterocycles. The second kappa shape index (κ2) is 23.3. The van der Waals surface area contributed by atoms with Crippen LogP contribution in [0.1, 0.15) is 62.4 Å². The molecular weight excluding hydrogens is 686 g/mol. The Morgan fingerprint density at radius 3 is 1.85 bits per heavy atom. The van der Waals surface area contributed by atoms with Gasteiger partial charge in [0.2, 0.25) is 29.5 Å². The Labute approximate surface area is 309 Å². The number of hydrogen-bond acceptors (Lipinski definition) is 10. The largest absolute Gasteiger partial charge is 0.467 e. The summed E-state index contributed by atoms with van der Waals surface area (Å²) in [6.45, 7) is 4.32. The summed E-state index contributed by atoms with van der Waals surface area (Å²) in [4.78, 5) is 90.8. The van der Waals surface area contributed by atoms with Crippen LogP contribution in [0.3, 0.4) is 0 Å². The van der Waals surface area contributed by atoms with Crippen molar-refractivity contribution in [3.8, 4) is 0 Å². The molecule has 0 aliphatic carbocycles. The number of nitrogens with one attached hydrogen (secondary N) is 6. The third-order valence-electron chi connectivity index (χ3n) is 8.04. The Morgan fingerprint density at radius 2 is 1.26 bits per heavy atom. The van der Waals surface area contributed by atoms with Gasteiger partial charge in [-0.3, -0.25) is 28.8 Å². The summed E-state index contributed by atoms with van der Waals surface area (Å²) in [5.74, 6) is -4.82. The lowest BCUT2D eigenvalue weighted by molar-refractivity contribution is -0.146. The first-order valence-electron chi connectivity index (χ1n) is 17.6. The van der Waals surface area contributed by atoms with Crippen molar-refractivity contribution in [1.82, 2.24) is 31.9 Å². The van der Waals surface area contributed by atoms with Crippen LogP contribution in [0.25, 0.3) is 0 Å². The Kier molecular flexibility index (Phi) is 19.2. The van der Waals surface area contributed by atoms with Gasteiger partial charge in [-0.05, 0) is 62.8 Å². The number of carbonyl (C=O) groups is 7. The minimum Gasteiger partial charge on any atom is -0.467 e. The number of methoxy groups -OCH3 is 1. The van der Waals surface area contributed by atoms with Crippen molar-refractivity contribution in [3.05, 3.63) is 71.8 Å². The SMILES string of the molecule is COC(=O)[C@H](CO)NC(=O)[C@H](CCCCN)NC(=O)[C@H](CC(C)C)NC(=O)[C@H](C)NC(=O)[C@H](Cc1ccccc1)NC(=O)CNC(=O)c1ccccc1. The monoisotopic (exact) mass is 739 g/mol. The molecule has 0 aliphatic heterocycles. The fourth-order valence-electron chi connectivity index (χ4n) is 5.16. The van der Waals surface area contributed by atoms with Crippen LogP contribution in [-0.4, -0.2) is 104 Å². The highest BCUT2D eigenvalue weighted by Crippen LogP contribution is 2.09. The van der Waals surface area contributed by atoms with Crippen molar-refractivity contribution in [2.45, 2.75) is 83.1 Å². The highest BCUT2D eigenvalue weighted by Gasteiger charge is 2.32. The van der Waals surface area contributed by atoms with E-state index in [0.717, 1.165) is 12.7 Å². The normalized spacial score (nSPS) is 13.6. The van der Waals surface area contributed by atoms with Crippen LogP contribution < -0.4 is 37.6 Å². The lowest BCUT2D eigenvalue weighted by atomic mass is 10.0. The van der Waals surface area contributed by atoms with E-state index in [9.17, 15) is 38.7 Å². The van der Waals surface area contributed by atoms with Crippen LogP contribution >= 0.6 is 0 Å². The van der Waals surface area contributed by atoms with Crippen LogP contribution in [0, 0.1) is 5.92 Å². The minimum atomic E-state index is -1.35. The molecule has 16 heteroatoms. The van der Waals surface area contributed by atoms with E-state index in [1.165, 1.54) is 6.92 Å². The van der Waals surface area contributed by atoms with E-state index in [4.69, 9.17) is 5.73 Å². The molecule has 0 heterocycles. The van der Waals surface area contributed by atoms with Crippen molar-refractivity contribution in [2.75, 3.05) is 26.8 Å². The van der Waals surface area contributed by atoms with E-state index in [2.05, 4.69) is 36.6 Å². The summed E-state index contributed by atoms with van der Waals surface area (Å²) in [6, 6.07) is 11.4. The molecule has 0 spiro atoms. The molecule has 0 saturated carbocycles. The smallest absolute Gasteiger partial charge is 0.330 e. The highest BCUT2D eigenvalue weighted by molar-refractivity contribution is 5.98. The molecule has 6 amide bonds. The van der Waals surface area contributed by atoms with Gasteiger partial charge in [0.05, 0.1) is 20.3 Å². The number of unbranched alkanes of at least 4 members (excludes halogenated alkanes) is 1. The zero-order valence-electron chi connectivity index (χ0n) is 30.7. The lowest BCUT2D eigenvalue weighted by Gasteiger charge is -2.27. The maximum absolute atomic E-state index is 13.5. The quantitative estimate of drug-likeness (QED) is 0.0565. The van der Waals surface area contributed by atoms with Crippen LogP contribution in [0.4, 0.5) is 0 Å². The summed E-state index contributed by atoms with van der Waals surface area (Å²) in [5, 5.41) is 25.0. The molecule has 290 valence electrons. The molecule has 2 aromatic carbocycles. The predicted molar refractivity (Wildman–Crippen MR) is 196 cm³/mol. The second-order valence-corrected chi connectivity index (χ2v) is 12.9. The summed E-state index contributed by atoms with van der Waals surface area (Å²) in [6.07, 6.45) is 1.43. The molecular formula is C37H53N7O9. The van der Waals surface area contributed by atoms with Crippen molar-refractivity contribution in [1.29, 1.82) is 0 Å². The van der Waals surface area contributed by atoms with Gasteiger partial charge in [0.15, 0.2) is 6.04 Å². The van der Waals surface area contributed by atoms with Crippen molar-refractivity contribution in [2.24, 2.45) is 11.7 Å². The van der Waals surface area contributed by atoms with Crippen LogP contribution in [0.2, 0.25) is 0 Å². The van der Waals surface area contributed by atoms with Gasteiger partial charge in [0.25, 0.3) is 5.91 Å². The molecule has 9 N–H and O–H groups in total. The summed E-state index contributed by atoms with van der Waals surface area (Å²) >= 11 is 0. The van der Waals surface area contributed by atoms with Crippen molar-refractivity contribution in [3.63, 3.8) is 0 Å². The van der Waals surface area contributed by atoms with E-state index in [-0.39, 0.29) is 25.2 Å². The number of rotatable bonds is 22. The van der Waals surface area contributed by atoms with Gasteiger partial charge in [-0.15, -0.1) is 0 Å². The maximum Gasteiger partial charge on any atom is 0.330 e. The third kappa shape index (κ3) is 15.8. The molecule has 53 heavy (non-hydrogen) atoms. The van der Waals surface area contributed by atoms with Gasteiger partial charge >= 0.3 is 5.97 Å². The summed E-state index contributed by atoms with van der Waals surface area (Å²) in [7, 11) is 1.11. The standard InChI is InChI=1S/C37H53N7O9/c1-23(2)19-28(36(51)42-27(17-11-12-18-38)34(49)44-30(22-45)37(52)53-4)43-32(47)24(3)40-35(50)29(20-25-13-7-5-8-14-25)41-31(46)21-39-33(48)26-15-9-6-10-16-26/h5-10,13-16,23-24,27-30,45H,11-12,17-22,38H2,1-4H3,(H,39,48)(H,40,50)(H,41,46)(H,42,51)(H,43,47)(H,44,49)/t24-,27-,28-,29-,30-/m0/s1. The Balaban J connectivity index is 2.14. The molecule has 0 fully saturated rings. The van der Waals surface area contributed by atoms with Crippen molar-refractivity contribution >= 4 is 41.4 Å². The number of ether oxygens (including phenoxy) is 1. The number of nitrogens with two attached hydrogens (primary N) is 1. The second-order valence-electron chi connectivity index (χ2n) is 12.9. The van der Waals surface area contributed by atoms with Crippen LogP contribution in [0.15, 0.2) is 60.7 Å². The van der Waals surface area contributed by atoms with Crippen LogP contribution in [0.5, 0.6) is 0 Å². The molecule has 2 aromatic rings. The number of aliphatic hydroxyl groups excluding tert-OH is 1. The number of carbonyl (C=O) groups excluding carboxylic acids is 7. The average Bonchev–Trinajstić information content (AvgIpc) is 3.15. The first-order chi connectivity index (χ1) is 25.3. The number of amides is 6. The molecule has 16 nitrogen and oxygen atoms in total. The van der Waals surface area contributed by atoms with E-state index >= 15 is 0 Å². The van der Waals surface area contributed by atoms with Gasteiger partial charge in [-0.25, -0.2) is 4.79 Å². The molecule has 0 saturated heterocycles. The first kappa shape index (κ1) is 43.8. The third-order valence-corrected chi connectivity index (χ3v) is 8.04. The van der Waals surface area contributed by atoms with Gasteiger partial charge in [-0.2, -0.15) is 0 Å². The fourth-order valence-corrected chi connectivity index (χ4v) is 5.16. The molecule has 5 atom stereocenters. The minimum absolute atomic E-state index is 0.0774. The van der Waals surface area contributed by atoms with Crippen molar-refractivity contribution < 1.29 is 43.4 Å². The highest BCUT2D eigenvalue weighted by atomic mass is 16.5. The number of benzene rings is 2. The molecule has 0 aliphatic rings. The summed E-state index contributed by atoms with van der Waals surface area (Å²) < 4.78 is 4.61. The molecule has 0 unspecified atom stereocenters. The zero-order chi connectivity index (χ0) is 39.3. The number of aliphatic hydroxyl groups is 1. The van der Waals surface area contributed by atoms with E-state index < -0.39 is 84.8 Å². The van der Waals surface area contributed by atoms with E-state index in [1.54, 1.807) is 60.7 Å². The van der Waals surface area contributed by atoms with Crippen LogP contribution in [-0.2, 0) is 39.9 Å². The maximum atomic E-state index is 13.5. The number of esters is 1. The Bertz CT molecular complexity index is 1510. The van der Waals surface area contributed by atoms with Gasteiger partial charge in [0.1, 0.15) is 24.2 Å². The fraction of sp³-hybridized carbons (Fsp3) is 0.486. The van der Waals surface area contributed by atoms with Gasteiger partial charge < -0.3 is 47.5 Å². The van der Waals surface area contributed by atoms with Gasteiger partial charge in [0, 0.05) is 12.0 Å². The molecule has 2 rings (SSSR count). The molecule has 0 bridgehead atoms. The lowest BCUT2D eigenvalue weighted by Crippen LogP contribution is -2.59. The Morgan fingerprint density at radius 1 is 0.698 bits per heavy atom. The molecule has 0 radical (unpaired) electrons. The van der Waals surface area contributed by atoms with E-state index in [0.29, 0.717) is 24.9 Å². The predicted octanol–water partition coefficient (Wildman–Crippen LogP) is -0.557. The van der Waals surface area contributed by atoms with Gasteiger partial charge in [-0.1, -0.05) is 62.4 Å². The Hall–Kier alpha value is -5.35. The summed E-state index contributed by atoms with van der Waals surface area (Å²) in [5.41, 5.74) is 6.70. The number of hydrogen-bond donors (Lipinski definition) is 8. The topological polar surface area (TPSA) is 247 Å². The zero-order valence-corrected chi connectivity index (χ0v) is 30.7. The average molecular weight is 740 g/mol. The first-order valence-corrected chi connectivity index (χ1v) is 17.6.